The van der Waals surface area contributed by atoms with Gasteiger partial charge in [-0.25, -0.2) is 8.42 Å². The van der Waals surface area contributed by atoms with Crippen LogP contribution in [-0.4, -0.2) is 69.7 Å². The second-order valence-electron chi connectivity index (χ2n) is 7.94. The molecule has 29 heavy (non-hydrogen) atoms. The number of sulfone groups is 1. The van der Waals surface area contributed by atoms with Crippen LogP contribution in [0.5, 0.6) is 0 Å². The molecule has 0 saturated carbocycles. The third kappa shape index (κ3) is 8.39. The number of ether oxygens (including phenoxy) is 1. The molecule has 2 N–H and O–H groups in total. The fourth-order valence-corrected chi connectivity index (χ4v) is 3.88. The molecule has 0 aromatic heterocycles. The van der Waals surface area contributed by atoms with Gasteiger partial charge < -0.3 is 15.4 Å². The molecule has 166 valence electrons. The third-order valence-corrected chi connectivity index (χ3v) is 7.49. The van der Waals surface area contributed by atoms with Crippen LogP contribution in [0.2, 0.25) is 0 Å². The van der Waals surface area contributed by atoms with Crippen LogP contribution in [0.4, 0.5) is 0 Å². The highest BCUT2D eigenvalue weighted by molar-refractivity contribution is 14.0. The van der Waals surface area contributed by atoms with E-state index >= 15 is 0 Å². The summed E-state index contributed by atoms with van der Waals surface area (Å²) in [5.74, 6) is 0.676. The average molecular weight is 538 g/mol. The molecule has 1 aliphatic rings. The van der Waals surface area contributed by atoms with Crippen molar-refractivity contribution in [2.24, 2.45) is 4.99 Å². The van der Waals surface area contributed by atoms with Crippen molar-refractivity contribution in [1.29, 1.82) is 0 Å². The molecule has 1 fully saturated rings. The van der Waals surface area contributed by atoms with Gasteiger partial charge in [0.25, 0.3) is 0 Å². The summed E-state index contributed by atoms with van der Waals surface area (Å²) in [4.78, 5) is 6.60. The van der Waals surface area contributed by atoms with Gasteiger partial charge in [-0.1, -0.05) is 24.3 Å². The first-order valence-electron chi connectivity index (χ1n) is 9.76. The number of halogens is 1. The number of guanidine groups is 1. The summed E-state index contributed by atoms with van der Waals surface area (Å²) < 4.78 is 29.1. The maximum atomic E-state index is 12.2. The summed E-state index contributed by atoms with van der Waals surface area (Å²) in [6.45, 7) is 10.5. The fraction of sp³-hybridized carbons (Fsp3) is 0.650. The Hall–Kier alpha value is -0.910. The van der Waals surface area contributed by atoms with E-state index in [9.17, 15) is 8.42 Å². The number of benzene rings is 1. The minimum Gasteiger partial charge on any atom is -0.379 e. The number of nitrogens with zero attached hydrogens (tertiary/aromatic N) is 2. The van der Waals surface area contributed by atoms with E-state index in [0.29, 0.717) is 19.0 Å². The normalized spacial score (nSPS) is 16.2. The molecule has 0 aliphatic carbocycles. The second-order valence-corrected chi connectivity index (χ2v) is 10.8. The number of rotatable bonds is 7. The highest BCUT2D eigenvalue weighted by atomic mass is 127. The second kappa shape index (κ2) is 12.1. The predicted octanol–water partition coefficient (Wildman–Crippen LogP) is 2.02. The van der Waals surface area contributed by atoms with Crippen molar-refractivity contribution in [2.75, 3.05) is 45.6 Å². The first kappa shape index (κ1) is 26.1. The molecule has 0 spiro atoms. The van der Waals surface area contributed by atoms with Crippen LogP contribution in [0.3, 0.4) is 0 Å². The fourth-order valence-electron chi connectivity index (χ4n) is 2.89. The largest absolute Gasteiger partial charge is 0.379 e. The third-order valence-electron chi connectivity index (χ3n) is 4.88. The van der Waals surface area contributed by atoms with E-state index in [-0.39, 0.29) is 29.7 Å². The van der Waals surface area contributed by atoms with Crippen LogP contribution in [0, 0.1) is 0 Å². The van der Waals surface area contributed by atoms with Crippen molar-refractivity contribution in [3.05, 3.63) is 35.4 Å². The molecule has 1 aliphatic heterocycles. The van der Waals surface area contributed by atoms with E-state index in [1.807, 2.05) is 6.07 Å². The van der Waals surface area contributed by atoms with Gasteiger partial charge in [0.1, 0.15) is 0 Å². The van der Waals surface area contributed by atoms with Gasteiger partial charge in [-0.3, -0.25) is 9.89 Å². The molecular weight excluding hydrogens is 503 g/mol. The average Bonchev–Trinajstić information content (AvgIpc) is 2.65. The van der Waals surface area contributed by atoms with Crippen LogP contribution in [0.15, 0.2) is 29.3 Å². The van der Waals surface area contributed by atoms with Crippen LogP contribution in [0.25, 0.3) is 0 Å². The number of hydrogen-bond donors (Lipinski definition) is 2. The minimum atomic E-state index is -3.15. The molecule has 1 saturated heterocycles. The quantitative estimate of drug-likeness (QED) is 0.314. The summed E-state index contributed by atoms with van der Waals surface area (Å²) in [5, 5.41) is 6.39. The predicted molar refractivity (Wildman–Crippen MR) is 130 cm³/mol. The van der Waals surface area contributed by atoms with Crippen molar-refractivity contribution in [3.63, 3.8) is 0 Å². The lowest BCUT2D eigenvalue weighted by molar-refractivity contribution is 0.0341. The van der Waals surface area contributed by atoms with Crippen molar-refractivity contribution in [2.45, 2.75) is 38.6 Å². The standard InChI is InChI=1S/C20H34N4O3S.HI/c1-20(2,3)28(25,26)14-9-22-19(21-4)23-15-17-7-5-6-8-18(17)16-24-10-12-27-13-11-24;/h5-8H,9-16H2,1-4H3,(H2,21,22,23);1H. The lowest BCUT2D eigenvalue weighted by atomic mass is 10.1. The Morgan fingerprint density at radius 1 is 1.14 bits per heavy atom. The summed E-state index contributed by atoms with van der Waals surface area (Å²) >= 11 is 0. The number of hydrogen-bond acceptors (Lipinski definition) is 5. The van der Waals surface area contributed by atoms with Crippen molar-refractivity contribution in [1.82, 2.24) is 15.5 Å². The molecular formula is C20H35IN4O3S. The van der Waals surface area contributed by atoms with Gasteiger partial charge in [-0.15, -0.1) is 24.0 Å². The molecule has 1 aromatic rings. The summed E-state index contributed by atoms with van der Waals surface area (Å²) in [6.07, 6.45) is 0. The summed E-state index contributed by atoms with van der Waals surface area (Å²) in [6, 6.07) is 8.36. The molecule has 0 amide bonds. The Kier molecular flexibility index (Phi) is 10.9. The topological polar surface area (TPSA) is 83.0 Å². The number of aliphatic imine (C=N–C) groups is 1. The molecule has 0 unspecified atom stereocenters. The zero-order valence-corrected chi connectivity index (χ0v) is 21.0. The van der Waals surface area contributed by atoms with Gasteiger partial charge in [0.2, 0.25) is 0 Å². The summed E-state index contributed by atoms with van der Waals surface area (Å²) in [7, 11) is -1.47. The molecule has 0 radical (unpaired) electrons. The number of morpholine rings is 1. The maximum Gasteiger partial charge on any atom is 0.191 e. The van der Waals surface area contributed by atoms with Gasteiger partial charge in [-0.2, -0.15) is 0 Å². The van der Waals surface area contributed by atoms with E-state index in [1.54, 1.807) is 27.8 Å². The summed E-state index contributed by atoms with van der Waals surface area (Å²) in [5.41, 5.74) is 2.49. The van der Waals surface area contributed by atoms with E-state index in [0.717, 1.165) is 32.8 Å². The lowest BCUT2D eigenvalue weighted by Gasteiger charge is -2.27. The molecule has 9 heteroatoms. The first-order chi connectivity index (χ1) is 13.2. The molecule has 2 rings (SSSR count). The number of nitrogens with one attached hydrogen (secondary N) is 2. The Balaban J connectivity index is 0.00000420. The molecule has 0 atom stereocenters. The Labute approximate surface area is 192 Å². The van der Waals surface area contributed by atoms with Crippen LogP contribution in [-0.2, 0) is 27.7 Å². The van der Waals surface area contributed by atoms with Gasteiger partial charge in [0.15, 0.2) is 15.8 Å². The maximum absolute atomic E-state index is 12.2. The van der Waals surface area contributed by atoms with Gasteiger partial charge in [0.05, 0.1) is 23.7 Å². The highest BCUT2D eigenvalue weighted by Gasteiger charge is 2.28. The smallest absolute Gasteiger partial charge is 0.191 e. The Bertz CT molecular complexity index is 757. The van der Waals surface area contributed by atoms with Crippen LogP contribution < -0.4 is 10.6 Å². The zero-order valence-electron chi connectivity index (χ0n) is 17.9. The van der Waals surface area contributed by atoms with Gasteiger partial charge in [-0.05, 0) is 31.9 Å². The highest BCUT2D eigenvalue weighted by Crippen LogP contribution is 2.15. The minimum absolute atomic E-state index is 0. The Morgan fingerprint density at radius 3 is 2.34 bits per heavy atom. The lowest BCUT2D eigenvalue weighted by Crippen LogP contribution is -2.41. The van der Waals surface area contributed by atoms with Crippen LogP contribution >= 0.6 is 24.0 Å². The monoisotopic (exact) mass is 538 g/mol. The van der Waals surface area contributed by atoms with Crippen molar-refractivity contribution >= 4 is 39.8 Å². The van der Waals surface area contributed by atoms with Gasteiger partial charge in [0, 0.05) is 39.8 Å². The molecule has 7 nitrogen and oxygen atoms in total. The van der Waals surface area contributed by atoms with Crippen molar-refractivity contribution in [3.8, 4) is 0 Å². The van der Waals surface area contributed by atoms with E-state index < -0.39 is 14.6 Å². The van der Waals surface area contributed by atoms with Crippen LogP contribution in [0.1, 0.15) is 31.9 Å². The zero-order chi connectivity index (χ0) is 20.6. The van der Waals surface area contributed by atoms with E-state index in [2.05, 4.69) is 38.7 Å². The first-order valence-corrected chi connectivity index (χ1v) is 11.4. The van der Waals surface area contributed by atoms with E-state index in [1.165, 1.54) is 11.1 Å². The van der Waals surface area contributed by atoms with Gasteiger partial charge >= 0.3 is 0 Å². The molecule has 1 heterocycles. The van der Waals surface area contributed by atoms with E-state index in [4.69, 9.17) is 4.74 Å². The molecule has 0 bridgehead atoms. The van der Waals surface area contributed by atoms with Crippen molar-refractivity contribution < 1.29 is 13.2 Å². The molecule has 1 aromatic carbocycles. The Morgan fingerprint density at radius 2 is 1.76 bits per heavy atom. The SMILES string of the molecule is CN=C(NCCS(=O)(=O)C(C)(C)C)NCc1ccccc1CN1CCOCC1.I.